The molecule has 0 unspecified atom stereocenters. The third-order valence-electron chi connectivity index (χ3n) is 4.87. The number of ether oxygens (including phenoxy) is 2. The van der Waals surface area contributed by atoms with Gasteiger partial charge in [-0.2, -0.15) is 11.3 Å². The second-order valence-electron chi connectivity index (χ2n) is 7.10. The molecule has 2 aliphatic heterocycles. The third-order valence-corrected chi connectivity index (χ3v) is 5.61. The molecule has 4 nitrogen and oxygen atoms in total. The quantitative estimate of drug-likeness (QED) is 0.833. The van der Waals surface area contributed by atoms with E-state index in [-0.39, 0.29) is 5.60 Å². The molecular formula is C19H24N2O2S. The first-order valence-corrected chi connectivity index (χ1v) is 9.55. The number of rotatable bonds is 5. The molecule has 0 bridgehead atoms. The lowest BCUT2D eigenvalue weighted by Gasteiger charge is -2.53. The van der Waals surface area contributed by atoms with Gasteiger partial charge in [-0.3, -0.25) is 9.88 Å². The second-order valence-corrected chi connectivity index (χ2v) is 7.88. The molecule has 24 heavy (non-hydrogen) atoms. The van der Waals surface area contributed by atoms with Crippen LogP contribution < -0.4 is 0 Å². The molecule has 0 aromatic carbocycles. The predicted octanol–water partition coefficient (Wildman–Crippen LogP) is 3.40. The van der Waals surface area contributed by atoms with E-state index in [1.807, 2.05) is 12.4 Å². The zero-order chi connectivity index (χ0) is 16.4. The summed E-state index contributed by atoms with van der Waals surface area (Å²) in [6.07, 6.45) is 6.07. The molecule has 0 aliphatic carbocycles. The maximum atomic E-state index is 6.16. The Hall–Kier alpha value is -1.27. The van der Waals surface area contributed by atoms with E-state index in [0.717, 1.165) is 44.6 Å². The summed E-state index contributed by atoms with van der Waals surface area (Å²) in [5.74, 6) is 0. The van der Waals surface area contributed by atoms with E-state index >= 15 is 0 Å². The van der Waals surface area contributed by atoms with Crippen molar-refractivity contribution in [3.8, 4) is 0 Å². The van der Waals surface area contributed by atoms with E-state index in [2.05, 4.69) is 39.7 Å². The Bertz CT molecular complexity index is 668. The van der Waals surface area contributed by atoms with E-state index in [4.69, 9.17) is 9.47 Å². The summed E-state index contributed by atoms with van der Waals surface area (Å²) in [5, 5.41) is 4.38. The lowest BCUT2D eigenvalue weighted by Crippen LogP contribution is -2.65. The van der Waals surface area contributed by atoms with Crippen molar-refractivity contribution in [1.82, 2.24) is 9.88 Å². The van der Waals surface area contributed by atoms with Crippen LogP contribution in [0.5, 0.6) is 0 Å². The van der Waals surface area contributed by atoms with Crippen molar-refractivity contribution >= 4 is 11.3 Å². The number of pyridine rings is 1. The standard InChI is InChI=1S/C19H24N2O2S/c1-15-6-17(9-20-8-15)11-22-18-2-4-23-19(7-18)13-21(14-19)10-16-3-5-24-12-16/h3,5-6,8-9,12,18H,2,4,7,10-11,13-14H2,1H3/t18-/m1/s1. The van der Waals surface area contributed by atoms with Crippen LogP contribution in [0.4, 0.5) is 0 Å². The summed E-state index contributed by atoms with van der Waals surface area (Å²) in [5.41, 5.74) is 3.76. The maximum Gasteiger partial charge on any atom is 0.0959 e. The minimum Gasteiger partial charge on any atom is -0.373 e. The van der Waals surface area contributed by atoms with Crippen LogP contribution in [0.1, 0.15) is 29.5 Å². The molecule has 128 valence electrons. The molecule has 1 atom stereocenters. The maximum absolute atomic E-state index is 6.16. The Labute approximate surface area is 147 Å². The molecule has 2 aliphatic rings. The van der Waals surface area contributed by atoms with E-state index < -0.39 is 0 Å². The van der Waals surface area contributed by atoms with Crippen LogP contribution in [0.15, 0.2) is 35.3 Å². The molecule has 5 heteroatoms. The molecule has 2 aromatic rings. The molecule has 4 heterocycles. The summed E-state index contributed by atoms with van der Waals surface area (Å²) in [6, 6.07) is 4.35. The van der Waals surface area contributed by atoms with E-state index in [1.165, 1.54) is 11.1 Å². The third kappa shape index (κ3) is 3.70. The highest BCUT2D eigenvalue weighted by molar-refractivity contribution is 7.07. The van der Waals surface area contributed by atoms with Crippen LogP contribution in [-0.4, -0.2) is 41.3 Å². The van der Waals surface area contributed by atoms with Crippen molar-refractivity contribution in [2.45, 2.75) is 44.6 Å². The van der Waals surface area contributed by atoms with Gasteiger partial charge >= 0.3 is 0 Å². The zero-order valence-corrected chi connectivity index (χ0v) is 14.9. The SMILES string of the molecule is Cc1cncc(CO[C@@H]2CCOC3(C2)CN(Cc2ccsc2)C3)c1. The van der Waals surface area contributed by atoms with Crippen LogP contribution in [0.3, 0.4) is 0 Å². The molecule has 2 aromatic heterocycles. The molecule has 2 fully saturated rings. The monoisotopic (exact) mass is 344 g/mol. The fourth-order valence-corrected chi connectivity index (χ4v) is 4.44. The molecule has 2 saturated heterocycles. The zero-order valence-electron chi connectivity index (χ0n) is 14.1. The van der Waals surface area contributed by atoms with Crippen molar-refractivity contribution in [3.63, 3.8) is 0 Å². The number of thiophene rings is 1. The van der Waals surface area contributed by atoms with Gasteiger partial charge in [0.05, 0.1) is 18.3 Å². The lowest BCUT2D eigenvalue weighted by atomic mass is 9.84. The fourth-order valence-electron chi connectivity index (χ4n) is 3.78. The van der Waals surface area contributed by atoms with Crippen molar-refractivity contribution in [3.05, 3.63) is 52.0 Å². The predicted molar refractivity (Wildman–Crippen MR) is 95.1 cm³/mol. The second kappa shape index (κ2) is 6.92. The Morgan fingerprint density at radius 3 is 3.08 bits per heavy atom. The molecular weight excluding hydrogens is 320 g/mol. The van der Waals surface area contributed by atoms with Gasteiger partial charge in [-0.1, -0.05) is 6.07 Å². The summed E-state index contributed by atoms with van der Waals surface area (Å²) >= 11 is 1.77. The Morgan fingerprint density at radius 1 is 1.38 bits per heavy atom. The van der Waals surface area contributed by atoms with Gasteiger partial charge in [0.2, 0.25) is 0 Å². The first-order chi connectivity index (χ1) is 11.7. The number of aromatic nitrogens is 1. The number of hydrogen-bond acceptors (Lipinski definition) is 5. The molecule has 0 N–H and O–H groups in total. The van der Waals surface area contributed by atoms with Gasteiger partial charge < -0.3 is 9.47 Å². The van der Waals surface area contributed by atoms with Gasteiger partial charge in [0.1, 0.15) is 0 Å². The summed E-state index contributed by atoms with van der Waals surface area (Å²) in [6.45, 7) is 6.60. The number of likely N-dealkylation sites (tertiary alicyclic amines) is 1. The molecule has 1 spiro atoms. The first kappa shape index (κ1) is 16.2. The smallest absolute Gasteiger partial charge is 0.0959 e. The summed E-state index contributed by atoms with van der Waals surface area (Å²) in [7, 11) is 0. The minimum atomic E-state index is 0.0177. The highest BCUT2D eigenvalue weighted by Gasteiger charge is 2.47. The van der Waals surface area contributed by atoms with Crippen molar-refractivity contribution < 1.29 is 9.47 Å². The molecule has 0 amide bonds. The average Bonchev–Trinajstić information content (AvgIpc) is 3.05. The largest absolute Gasteiger partial charge is 0.373 e. The average molecular weight is 344 g/mol. The highest BCUT2D eigenvalue weighted by Crippen LogP contribution is 2.36. The molecule has 0 radical (unpaired) electrons. The Kier molecular flexibility index (Phi) is 4.68. The number of aryl methyl sites for hydroxylation is 1. The van der Waals surface area contributed by atoms with Gasteiger partial charge in [-0.15, -0.1) is 0 Å². The van der Waals surface area contributed by atoms with E-state index in [9.17, 15) is 0 Å². The number of nitrogens with zero attached hydrogens (tertiary/aromatic N) is 2. The Morgan fingerprint density at radius 2 is 2.29 bits per heavy atom. The highest BCUT2D eigenvalue weighted by atomic mass is 32.1. The van der Waals surface area contributed by atoms with Crippen LogP contribution >= 0.6 is 11.3 Å². The molecule has 0 saturated carbocycles. The van der Waals surface area contributed by atoms with Crippen LogP contribution in [0.25, 0.3) is 0 Å². The number of hydrogen-bond donors (Lipinski definition) is 0. The molecule has 4 rings (SSSR count). The Balaban J connectivity index is 1.27. The lowest BCUT2D eigenvalue weighted by molar-refractivity contribution is -0.200. The van der Waals surface area contributed by atoms with E-state index in [1.54, 1.807) is 11.3 Å². The topological polar surface area (TPSA) is 34.6 Å². The minimum absolute atomic E-state index is 0.0177. The van der Waals surface area contributed by atoms with Gasteiger partial charge in [-0.05, 0) is 46.9 Å². The summed E-state index contributed by atoms with van der Waals surface area (Å²) in [4.78, 5) is 6.71. The van der Waals surface area contributed by atoms with Crippen LogP contribution in [0, 0.1) is 6.92 Å². The van der Waals surface area contributed by atoms with Gasteiger partial charge in [-0.25, -0.2) is 0 Å². The van der Waals surface area contributed by atoms with E-state index in [0.29, 0.717) is 12.7 Å². The van der Waals surface area contributed by atoms with Gasteiger partial charge in [0.15, 0.2) is 0 Å². The van der Waals surface area contributed by atoms with Crippen LogP contribution in [0.2, 0.25) is 0 Å². The van der Waals surface area contributed by atoms with Gasteiger partial charge in [0, 0.05) is 45.1 Å². The summed E-state index contributed by atoms with van der Waals surface area (Å²) < 4.78 is 12.3. The fraction of sp³-hybridized carbons (Fsp3) is 0.526. The van der Waals surface area contributed by atoms with Gasteiger partial charge in [0.25, 0.3) is 0 Å². The first-order valence-electron chi connectivity index (χ1n) is 8.60. The van der Waals surface area contributed by atoms with Crippen molar-refractivity contribution in [1.29, 1.82) is 0 Å². The normalized spacial score (nSPS) is 23.3. The van der Waals surface area contributed by atoms with Crippen molar-refractivity contribution in [2.24, 2.45) is 0 Å². The van der Waals surface area contributed by atoms with Crippen molar-refractivity contribution in [2.75, 3.05) is 19.7 Å². The van der Waals surface area contributed by atoms with Crippen LogP contribution in [-0.2, 0) is 22.6 Å².